The predicted molar refractivity (Wildman–Crippen MR) is 91.9 cm³/mol. The number of rotatable bonds is 3. The maximum absolute atomic E-state index is 13.8. The molecule has 0 N–H and O–H groups in total. The van der Waals surface area contributed by atoms with Crippen LogP contribution in [0.3, 0.4) is 0 Å². The van der Waals surface area contributed by atoms with Gasteiger partial charge in [-0.25, -0.2) is 13.2 Å². The summed E-state index contributed by atoms with van der Waals surface area (Å²) in [6.07, 6.45) is -0.166. The smallest absolute Gasteiger partial charge is 0.318 e. The minimum Gasteiger partial charge on any atom is -0.468 e. The Morgan fingerprint density at radius 1 is 1.19 bits per heavy atom. The fraction of sp³-hybridized carbons (Fsp3) is 0.167. The Morgan fingerprint density at radius 3 is 2.44 bits per heavy atom. The largest absolute Gasteiger partial charge is 0.468 e. The number of carbonyl (C=O) groups excluding carboxylic acids is 2. The zero-order valence-corrected chi connectivity index (χ0v) is 14.6. The minimum absolute atomic E-state index is 0.111. The first-order valence-corrected chi connectivity index (χ1v) is 8.08. The number of benzene rings is 2. The van der Waals surface area contributed by atoms with Crippen molar-refractivity contribution in [2.45, 2.75) is 6.42 Å². The van der Waals surface area contributed by atoms with Crippen molar-refractivity contribution in [3.63, 3.8) is 0 Å². The van der Waals surface area contributed by atoms with Gasteiger partial charge in [-0.2, -0.15) is 10.1 Å². The van der Waals surface area contributed by atoms with Crippen molar-refractivity contribution >= 4 is 34.9 Å². The molecule has 140 valence electrons. The van der Waals surface area contributed by atoms with Crippen molar-refractivity contribution in [1.29, 1.82) is 0 Å². The summed E-state index contributed by atoms with van der Waals surface area (Å²) in [7, 11) is 1.11. The molecule has 2 aromatic rings. The molecule has 0 fully saturated rings. The fourth-order valence-corrected chi connectivity index (χ4v) is 2.78. The van der Waals surface area contributed by atoms with E-state index >= 15 is 0 Å². The van der Waals surface area contributed by atoms with Gasteiger partial charge >= 0.3 is 5.97 Å². The number of halogens is 4. The number of carbonyl (C=O) groups is 2. The number of esters is 1. The summed E-state index contributed by atoms with van der Waals surface area (Å²) >= 11 is 5.67. The van der Waals surface area contributed by atoms with E-state index in [9.17, 15) is 22.8 Å². The highest BCUT2D eigenvalue weighted by Gasteiger charge is 2.38. The second-order valence-electron chi connectivity index (χ2n) is 5.73. The van der Waals surface area contributed by atoms with Crippen LogP contribution in [0.5, 0.6) is 0 Å². The van der Waals surface area contributed by atoms with Crippen LogP contribution in [0.2, 0.25) is 5.02 Å². The highest BCUT2D eigenvalue weighted by Crippen LogP contribution is 2.28. The van der Waals surface area contributed by atoms with Gasteiger partial charge in [0.05, 0.1) is 23.5 Å². The van der Waals surface area contributed by atoms with Crippen LogP contribution in [-0.4, -0.2) is 24.7 Å². The topological polar surface area (TPSA) is 59.0 Å². The second-order valence-corrected chi connectivity index (χ2v) is 6.14. The van der Waals surface area contributed by atoms with E-state index in [0.29, 0.717) is 11.1 Å². The lowest BCUT2D eigenvalue weighted by Gasteiger charge is -2.28. The molecule has 9 heteroatoms. The SMILES string of the molecule is COC(=O)C1CC(c2ccc(Cl)c(F)c2)=NN(c2cc(F)cc(F)c2)C1=O. The first kappa shape index (κ1) is 18.9. The molecule has 0 radical (unpaired) electrons. The third-order valence-corrected chi connectivity index (χ3v) is 4.26. The van der Waals surface area contributed by atoms with Gasteiger partial charge in [-0.1, -0.05) is 17.7 Å². The Bertz CT molecular complexity index is 945. The first-order valence-electron chi connectivity index (χ1n) is 7.71. The molecule has 0 saturated heterocycles. The summed E-state index contributed by atoms with van der Waals surface area (Å²) < 4.78 is 45.6. The molecule has 0 bridgehead atoms. The lowest BCUT2D eigenvalue weighted by Crippen LogP contribution is -2.43. The lowest BCUT2D eigenvalue weighted by atomic mass is 9.94. The zero-order valence-electron chi connectivity index (χ0n) is 13.9. The van der Waals surface area contributed by atoms with Gasteiger partial charge in [-0.15, -0.1) is 0 Å². The Labute approximate surface area is 157 Å². The molecular formula is C18H12ClF3N2O3. The minimum atomic E-state index is -1.30. The van der Waals surface area contributed by atoms with Crippen molar-refractivity contribution in [3.8, 4) is 0 Å². The summed E-state index contributed by atoms with van der Waals surface area (Å²) in [5.74, 6) is -5.52. The molecule has 0 aliphatic carbocycles. The van der Waals surface area contributed by atoms with Gasteiger partial charge in [-0.05, 0) is 24.3 Å². The zero-order chi connectivity index (χ0) is 19.7. The maximum Gasteiger partial charge on any atom is 0.318 e. The van der Waals surface area contributed by atoms with Crippen LogP contribution in [-0.2, 0) is 14.3 Å². The van der Waals surface area contributed by atoms with Gasteiger partial charge in [-0.3, -0.25) is 9.59 Å². The van der Waals surface area contributed by atoms with Gasteiger partial charge in [0.1, 0.15) is 23.4 Å². The summed E-state index contributed by atoms with van der Waals surface area (Å²) in [6, 6.07) is 6.27. The van der Waals surface area contributed by atoms with Crippen LogP contribution >= 0.6 is 11.6 Å². The molecule has 27 heavy (non-hydrogen) atoms. The third-order valence-electron chi connectivity index (χ3n) is 3.96. The summed E-state index contributed by atoms with van der Waals surface area (Å²) in [5, 5.41) is 4.67. The van der Waals surface area contributed by atoms with Gasteiger partial charge in [0.25, 0.3) is 5.91 Å². The van der Waals surface area contributed by atoms with Crippen LogP contribution in [0, 0.1) is 23.4 Å². The quantitative estimate of drug-likeness (QED) is 0.587. The van der Waals surface area contributed by atoms with E-state index in [1.54, 1.807) is 0 Å². The molecule has 1 aliphatic heterocycles. The lowest BCUT2D eigenvalue weighted by molar-refractivity contribution is -0.149. The standard InChI is InChI=1S/C18H12ClF3N2O3/c1-27-18(26)13-8-16(9-2-3-14(19)15(22)4-9)23-24(17(13)25)12-6-10(20)5-11(21)7-12/h2-7,13H,8H2,1H3. The van der Waals surface area contributed by atoms with Crippen molar-refractivity contribution in [3.05, 3.63) is 64.4 Å². The van der Waals surface area contributed by atoms with Crippen molar-refractivity contribution in [2.24, 2.45) is 11.0 Å². The first-order chi connectivity index (χ1) is 12.8. The average Bonchev–Trinajstić information content (AvgIpc) is 2.62. The molecule has 1 heterocycles. The van der Waals surface area contributed by atoms with E-state index in [1.165, 1.54) is 12.1 Å². The number of hydrogen-bond acceptors (Lipinski definition) is 4. The van der Waals surface area contributed by atoms with Crippen LogP contribution in [0.4, 0.5) is 18.9 Å². The Morgan fingerprint density at radius 2 is 1.85 bits per heavy atom. The van der Waals surface area contributed by atoms with Crippen LogP contribution in [0.25, 0.3) is 0 Å². The average molecular weight is 397 g/mol. The van der Waals surface area contributed by atoms with Crippen LogP contribution < -0.4 is 5.01 Å². The molecule has 0 aromatic heterocycles. The monoisotopic (exact) mass is 396 g/mol. The van der Waals surface area contributed by atoms with Gasteiger partial charge in [0.2, 0.25) is 0 Å². The molecular weight excluding hydrogens is 385 g/mol. The van der Waals surface area contributed by atoms with E-state index in [1.807, 2.05) is 0 Å². The fourth-order valence-electron chi connectivity index (χ4n) is 2.66. The van der Waals surface area contributed by atoms with Crippen molar-refractivity contribution in [2.75, 3.05) is 12.1 Å². The summed E-state index contributed by atoms with van der Waals surface area (Å²) in [4.78, 5) is 24.6. The molecule has 0 spiro atoms. The Kier molecular flexibility index (Phi) is 5.18. The molecule has 5 nitrogen and oxygen atoms in total. The molecule has 1 atom stereocenters. The predicted octanol–water partition coefficient (Wildman–Crippen LogP) is 3.69. The number of amides is 1. The second kappa shape index (κ2) is 7.40. The number of nitrogens with zero attached hydrogens (tertiary/aromatic N) is 2. The number of methoxy groups -OCH3 is 1. The Hall–Kier alpha value is -2.87. The molecule has 2 aromatic carbocycles. The third kappa shape index (κ3) is 3.80. The van der Waals surface area contributed by atoms with Gasteiger partial charge in [0.15, 0.2) is 0 Å². The van der Waals surface area contributed by atoms with Crippen LogP contribution in [0.1, 0.15) is 12.0 Å². The van der Waals surface area contributed by atoms with Gasteiger partial charge < -0.3 is 4.74 Å². The summed E-state index contributed by atoms with van der Waals surface area (Å²) in [5.41, 5.74) is 0.212. The Balaban J connectivity index is 2.12. The molecule has 3 rings (SSSR count). The van der Waals surface area contributed by atoms with E-state index in [-0.39, 0.29) is 28.4 Å². The molecule has 1 amide bonds. The summed E-state index contributed by atoms with van der Waals surface area (Å²) in [6.45, 7) is 0. The van der Waals surface area contributed by atoms with Crippen molar-refractivity contribution < 1.29 is 27.5 Å². The number of ether oxygens (including phenoxy) is 1. The highest BCUT2D eigenvalue weighted by atomic mass is 35.5. The highest BCUT2D eigenvalue weighted by molar-refractivity contribution is 6.30. The van der Waals surface area contributed by atoms with E-state index in [0.717, 1.165) is 25.3 Å². The van der Waals surface area contributed by atoms with Crippen LogP contribution in [0.15, 0.2) is 41.5 Å². The molecule has 1 unspecified atom stereocenters. The van der Waals surface area contributed by atoms with Crippen molar-refractivity contribution in [1.82, 2.24) is 0 Å². The normalized spacial score (nSPS) is 16.9. The number of hydrogen-bond donors (Lipinski definition) is 0. The van der Waals surface area contributed by atoms with E-state index in [4.69, 9.17) is 11.6 Å². The molecule has 0 saturated carbocycles. The van der Waals surface area contributed by atoms with Gasteiger partial charge in [0, 0.05) is 18.1 Å². The van der Waals surface area contributed by atoms with E-state index in [2.05, 4.69) is 9.84 Å². The van der Waals surface area contributed by atoms with E-state index < -0.39 is 35.2 Å². The number of anilines is 1. The number of hydrazone groups is 1. The molecule has 1 aliphatic rings. The maximum atomic E-state index is 13.8.